The van der Waals surface area contributed by atoms with Gasteiger partial charge in [-0.05, 0) is 42.7 Å². The minimum Gasteiger partial charge on any atom is -0.494 e. The fourth-order valence-corrected chi connectivity index (χ4v) is 4.93. The summed E-state index contributed by atoms with van der Waals surface area (Å²) in [6.45, 7) is 4.27. The van der Waals surface area contributed by atoms with Gasteiger partial charge >= 0.3 is 0 Å². The lowest BCUT2D eigenvalue weighted by atomic mass is 10.1. The molecule has 2 heterocycles. The molecule has 6 nitrogen and oxygen atoms in total. The Balaban J connectivity index is 1.59. The van der Waals surface area contributed by atoms with Gasteiger partial charge < -0.3 is 9.64 Å². The van der Waals surface area contributed by atoms with Gasteiger partial charge in [0.1, 0.15) is 11.4 Å². The maximum Gasteiger partial charge on any atom is 0.262 e. The van der Waals surface area contributed by atoms with Crippen molar-refractivity contribution in [3.63, 3.8) is 0 Å². The minimum absolute atomic E-state index is 0.135. The van der Waals surface area contributed by atoms with E-state index in [-0.39, 0.29) is 30.3 Å². The van der Waals surface area contributed by atoms with E-state index in [2.05, 4.69) is 4.98 Å². The predicted octanol–water partition coefficient (Wildman–Crippen LogP) is 4.63. The second kappa shape index (κ2) is 9.54. The van der Waals surface area contributed by atoms with Gasteiger partial charge in [0.15, 0.2) is 11.6 Å². The van der Waals surface area contributed by atoms with Crippen LogP contribution in [0.3, 0.4) is 0 Å². The second-order valence-corrected chi connectivity index (χ2v) is 8.66. The lowest BCUT2D eigenvalue weighted by Gasteiger charge is -2.21. The van der Waals surface area contributed by atoms with Crippen LogP contribution in [0, 0.1) is 12.7 Å². The molecule has 2 aromatic carbocycles. The third-order valence-electron chi connectivity index (χ3n) is 5.58. The summed E-state index contributed by atoms with van der Waals surface area (Å²) in [4.78, 5) is 33.9. The van der Waals surface area contributed by atoms with Gasteiger partial charge in [-0.1, -0.05) is 36.4 Å². The molecule has 0 fully saturated rings. The average Bonchev–Trinajstić information content (AvgIpc) is 3.17. The summed E-state index contributed by atoms with van der Waals surface area (Å²) in [7, 11) is 1.40. The van der Waals surface area contributed by atoms with Crippen molar-refractivity contribution in [3.05, 3.63) is 82.2 Å². The molecule has 0 N–H and O–H groups in total. The van der Waals surface area contributed by atoms with E-state index in [0.717, 1.165) is 16.0 Å². The number of nitrogens with zero attached hydrogens (tertiary/aromatic N) is 3. The van der Waals surface area contributed by atoms with Crippen LogP contribution in [0.25, 0.3) is 20.7 Å². The molecule has 4 aromatic rings. The van der Waals surface area contributed by atoms with Crippen LogP contribution >= 0.6 is 11.3 Å². The van der Waals surface area contributed by atoms with Crippen LogP contribution < -0.4 is 10.3 Å². The third kappa shape index (κ3) is 4.52. The van der Waals surface area contributed by atoms with Crippen molar-refractivity contribution in [1.29, 1.82) is 0 Å². The number of fused-ring (bicyclic) bond motifs is 1. The number of likely N-dealkylation sites (N-methyl/N-ethyl adjacent to an activating group) is 1. The van der Waals surface area contributed by atoms with Gasteiger partial charge in [-0.15, -0.1) is 11.3 Å². The van der Waals surface area contributed by atoms with Crippen molar-refractivity contribution in [2.24, 2.45) is 0 Å². The highest BCUT2D eigenvalue weighted by Gasteiger charge is 2.19. The number of aromatic nitrogens is 2. The van der Waals surface area contributed by atoms with Gasteiger partial charge in [-0.25, -0.2) is 9.37 Å². The molecule has 0 aliphatic rings. The highest BCUT2D eigenvalue weighted by Crippen LogP contribution is 2.35. The number of carbonyl (C=O) groups is 1. The van der Waals surface area contributed by atoms with E-state index in [1.807, 2.05) is 44.2 Å². The maximum absolute atomic E-state index is 14.0. The van der Waals surface area contributed by atoms with Crippen molar-refractivity contribution < 1.29 is 13.9 Å². The lowest BCUT2D eigenvalue weighted by Crippen LogP contribution is -2.36. The fourth-order valence-electron chi connectivity index (χ4n) is 3.79. The summed E-state index contributed by atoms with van der Waals surface area (Å²) in [5.74, 6) is -0.570. The van der Waals surface area contributed by atoms with E-state index in [0.29, 0.717) is 22.3 Å². The smallest absolute Gasteiger partial charge is 0.262 e. The van der Waals surface area contributed by atoms with Crippen LogP contribution in [0.5, 0.6) is 5.75 Å². The topological polar surface area (TPSA) is 64.4 Å². The zero-order valence-corrected chi connectivity index (χ0v) is 19.5. The summed E-state index contributed by atoms with van der Waals surface area (Å²) in [5.41, 5.74) is 2.30. The van der Waals surface area contributed by atoms with Gasteiger partial charge in [0.25, 0.3) is 5.56 Å². The zero-order valence-electron chi connectivity index (χ0n) is 18.7. The molecule has 4 rings (SSSR count). The van der Waals surface area contributed by atoms with Crippen LogP contribution in [-0.2, 0) is 17.9 Å². The number of amides is 1. The SMILES string of the molecule is CCN(Cc1ccc(OC)c(F)c1)C(=O)Cn1cnc2sc(-c3ccccc3)c(C)c2c1=O. The predicted molar refractivity (Wildman–Crippen MR) is 128 cm³/mol. The lowest BCUT2D eigenvalue weighted by molar-refractivity contribution is -0.132. The van der Waals surface area contributed by atoms with Crippen LogP contribution in [0.15, 0.2) is 59.7 Å². The van der Waals surface area contributed by atoms with Crippen molar-refractivity contribution in [1.82, 2.24) is 14.5 Å². The second-order valence-electron chi connectivity index (χ2n) is 7.66. The monoisotopic (exact) mass is 465 g/mol. The molecule has 0 unspecified atom stereocenters. The Morgan fingerprint density at radius 3 is 2.64 bits per heavy atom. The van der Waals surface area contributed by atoms with Gasteiger partial charge in [0, 0.05) is 18.0 Å². The molecule has 2 aromatic heterocycles. The Labute approximate surface area is 194 Å². The van der Waals surface area contributed by atoms with E-state index < -0.39 is 5.82 Å². The summed E-state index contributed by atoms with van der Waals surface area (Å²) < 4.78 is 20.3. The standard InChI is InChI=1S/C25H24FN3O3S/c1-4-28(13-17-10-11-20(32-3)19(26)12-17)21(30)14-29-15-27-24-22(25(29)31)16(2)23(33-24)18-8-6-5-7-9-18/h5-12,15H,4,13-14H2,1-3H3. The van der Waals surface area contributed by atoms with Crippen LogP contribution in [0.4, 0.5) is 4.39 Å². The quantitative estimate of drug-likeness (QED) is 0.399. The third-order valence-corrected chi connectivity index (χ3v) is 6.83. The molecular weight excluding hydrogens is 441 g/mol. The molecule has 0 spiro atoms. The molecule has 1 amide bonds. The number of hydrogen-bond donors (Lipinski definition) is 0. The number of thiophene rings is 1. The number of carbonyl (C=O) groups excluding carboxylic acids is 1. The molecule has 0 atom stereocenters. The van der Waals surface area contributed by atoms with E-state index in [9.17, 15) is 14.0 Å². The average molecular weight is 466 g/mol. The van der Waals surface area contributed by atoms with Gasteiger partial charge in [0.2, 0.25) is 5.91 Å². The van der Waals surface area contributed by atoms with Crippen LogP contribution in [0.2, 0.25) is 0 Å². The first-order valence-corrected chi connectivity index (χ1v) is 11.4. The summed E-state index contributed by atoms with van der Waals surface area (Å²) in [6, 6.07) is 14.5. The summed E-state index contributed by atoms with van der Waals surface area (Å²) in [5, 5.41) is 0.537. The van der Waals surface area contributed by atoms with Crippen molar-refractivity contribution in [3.8, 4) is 16.2 Å². The van der Waals surface area contributed by atoms with Gasteiger partial charge in [0.05, 0.1) is 18.8 Å². The summed E-state index contributed by atoms with van der Waals surface area (Å²) >= 11 is 1.47. The number of halogens is 1. The molecule has 8 heteroatoms. The number of benzene rings is 2. The normalized spacial score (nSPS) is 11.0. The molecule has 0 saturated carbocycles. The first kappa shape index (κ1) is 22.7. The number of ether oxygens (including phenoxy) is 1. The van der Waals surface area contributed by atoms with Crippen molar-refractivity contribution in [2.75, 3.05) is 13.7 Å². The first-order chi connectivity index (χ1) is 15.9. The van der Waals surface area contributed by atoms with Crippen LogP contribution in [0.1, 0.15) is 18.1 Å². The Morgan fingerprint density at radius 2 is 1.97 bits per heavy atom. The number of aryl methyl sites for hydroxylation is 1. The zero-order chi connectivity index (χ0) is 23.5. The fraction of sp³-hybridized carbons (Fsp3) is 0.240. The van der Waals surface area contributed by atoms with E-state index >= 15 is 0 Å². The largest absolute Gasteiger partial charge is 0.494 e. The van der Waals surface area contributed by atoms with Crippen LogP contribution in [-0.4, -0.2) is 34.0 Å². The Morgan fingerprint density at radius 1 is 1.21 bits per heavy atom. The maximum atomic E-state index is 14.0. The highest BCUT2D eigenvalue weighted by molar-refractivity contribution is 7.22. The molecule has 0 aliphatic heterocycles. The summed E-state index contributed by atoms with van der Waals surface area (Å²) in [6.07, 6.45) is 1.42. The minimum atomic E-state index is -0.480. The number of hydrogen-bond acceptors (Lipinski definition) is 5. The first-order valence-electron chi connectivity index (χ1n) is 10.6. The van der Waals surface area contributed by atoms with Crippen molar-refractivity contribution >= 4 is 27.5 Å². The Hall–Kier alpha value is -3.52. The number of methoxy groups -OCH3 is 1. The molecule has 170 valence electrons. The van der Waals surface area contributed by atoms with E-state index in [4.69, 9.17) is 4.74 Å². The molecule has 0 bridgehead atoms. The van der Waals surface area contributed by atoms with Crippen molar-refractivity contribution in [2.45, 2.75) is 26.9 Å². The molecule has 0 saturated heterocycles. The molecule has 0 aliphatic carbocycles. The van der Waals surface area contributed by atoms with E-state index in [1.165, 1.54) is 41.5 Å². The molecular formula is C25H24FN3O3S. The Kier molecular flexibility index (Phi) is 6.55. The van der Waals surface area contributed by atoms with E-state index in [1.54, 1.807) is 11.0 Å². The molecule has 33 heavy (non-hydrogen) atoms. The number of rotatable bonds is 7. The highest BCUT2D eigenvalue weighted by atomic mass is 32.1. The Bertz CT molecular complexity index is 1360. The van der Waals surface area contributed by atoms with Gasteiger partial charge in [-0.3, -0.25) is 14.2 Å². The van der Waals surface area contributed by atoms with Gasteiger partial charge in [-0.2, -0.15) is 0 Å². The molecule has 0 radical (unpaired) electrons.